The normalized spacial score (nSPS) is 17.4. The first-order valence-electron chi connectivity index (χ1n) is 13.5. The molecule has 0 aliphatic carbocycles. The fraction of sp³-hybridized carbons (Fsp3) is 0.483. The monoisotopic (exact) mass is 499 g/mol. The van der Waals surface area contributed by atoms with Crippen molar-refractivity contribution in [1.82, 2.24) is 24.7 Å². The van der Waals surface area contributed by atoms with Crippen molar-refractivity contribution in [2.45, 2.75) is 45.1 Å². The van der Waals surface area contributed by atoms with Gasteiger partial charge in [-0.2, -0.15) is 10.4 Å². The van der Waals surface area contributed by atoms with Crippen molar-refractivity contribution in [3.8, 4) is 17.2 Å². The zero-order valence-electron chi connectivity index (χ0n) is 21.9. The Kier molecular flexibility index (Phi) is 7.61. The average Bonchev–Trinajstić information content (AvgIpc) is 3.38. The van der Waals surface area contributed by atoms with E-state index < -0.39 is 0 Å². The van der Waals surface area contributed by atoms with Crippen LogP contribution in [0.15, 0.2) is 48.8 Å². The standard InChI is InChI=1S/C29H37N7O/c1-22(2)33-14-9-25(10-15-33)23-4-6-24(7-5-23)26-20-28-27(8-13-32-36(28)21-26)34-16-18-35(19-17-34)29(37)31-12-3-11-30/h4-8,13,20-22,25H,3,9-10,12,14-19H2,1-2H3,(H,31,37). The summed E-state index contributed by atoms with van der Waals surface area (Å²) in [4.78, 5) is 19.1. The van der Waals surface area contributed by atoms with Gasteiger partial charge in [0.15, 0.2) is 0 Å². The molecule has 0 unspecified atom stereocenters. The first kappa shape index (κ1) is 25.1. The number of nitriles is 1. The van der Waals surface area contributed by atoms with Crippen LogP contribution in [0.4, 0.5) is 10.5 Å². The van der Waals surface area contributed by atoms with Crippen molar-refractivity contribution in [1.29, 1.82) is 5.26 Å². The van der Waals surface area contributed by atoms with E-state index >= 15 is 0 Å². The molecule has 0 atom stereocenters. The van der Waals surface area contributed by atoms with Crippen LogP contribution in [0.3, 0.4) is 0 Å². The van der Waals surface area contributed by atoms with Gasteiger partial charge >= 0.3 is 6.03 Å². The second kappa shape index (κ2) is 11.2. The van der Waals surface area contributed by atoms with E-state index in [9.17, 15) is 4.79 Å². The Morgan fingerprint density at radius 2 is 1.78 bits per heavy atom. The Labute approximate surface area is 219 Å². The fourth-order valence-corrected chi connectivity index (χ4v) is 5.61. The van der Waals surface area contributed by atoms with Crippen molar-refractivity contribution in [3.63, 3.8) is 0 Å². The van der Waals surface area contributed by atoms with Crippen molar-refractivity contribution in [3.05, 3.63) is 54.4 Å². The molecule has 4 heterocycles. The summed E-state index contributed by atoms with van der Waals surface area (Å²) >= 11 is 0. The summed E-state index contributed by atoms with van der Waals surface area (Å²) in [6.07, 6.45) is 6.75. The molecule has 2 aromatic heterocycles. The third-order valence-corrected chi connectivity index (χ3v) is 7.88. The lowest BCUT2D eigenvalue weighted by Crippen LogP contribution is -2.52. The highest BCUT2D eigenvalue weighted by molar-refractivity contribution is 5.80. The van der Waals surface area contributed by atoms with Gasteiger partial charge in [-0.25, -0.2) is 9.31 Å². The van der Waals surface area contributed by atoms with Gasteiger partial charge in [0.05, 0.1) is 23.7 Å². The number of carbonyl (C=O) groups excluding carboxylic acids is 1. The van der Waals surface area contributed by atoms with Crippen molar-refractivity contribution in [2.24, 2.45) is 0 Å². The molecule has 2 aliphatic rings. The molecular weight excluding hydrogens is 462 g/mol. The number of anilines is 1. The number of likely N-dealkylation sites (tertiary alicyclic amines) is 1. The lowest BCUT2D eigenvalue weighted by molar-refractivity contribution is 0.172. The molecule has 8 nitrogen and oxygen atoms in total. The Hall–Kier alpha value is -3.57. The fourth-order valence-electron chi connectivity index (χ4n) is 5.61. The maximum atomic E-state index is 12.3. The topological polar surface area (TPSA) is 79.9 Å². The number of nitrogens with one attached hydrogen (secondary N) is 1. The molecule has 1 aromatic carbocycles. The maximum absolute atomic E-state index is 12.3. The van der Waals surface area contributed by atoms with Crippen LogP contribution in [-0.2, 0) is 0 Å². The number of nitrogens with zero attached hydrogens (tertiary/aromatic N) is 6. The molecule has 2 saturated heterocycles. The number of piperazine rings is 1. The number of amides is 2. The molecule has 37 heavy (non-hydrogen) atoms. The number of rotatable bonds is 6. The van der Waals surface area contributed by atoms with Gasteiger partial charge < -0.3 is 20.0 Å². The quantitative estimate of drug-likeness (QED) is 0.511. The van der Waals surface area contributed by atoms with Gasteiger partial charge in [0, 0.05) is 56.7 Å². The molecule has 0 spiro atoms. The van der Waals surface area contributed by atoms with Crippen LogP contribution in [0.25, 0.3) is 16.6 Å². The third kappa shape index (κ3) is 5.57. The minimum Gasteiger partial charge on any atom is -0.366 e. The summed E-state index contributed by atoms with van der Waals surface area (Å²) in [6, 6.07) is 16.0. The summed E-state index contributed by atoms with van der Waals surface area (Å²) in [7, 11) is 0. The van der Waals surface area contributed by atoms with Gasteiger partial charge in [-0.05, 0) is 69.0 Å². The van der Waals surface area contributed by atoms with Gasteiger partial charge in [0.2, 0.25) is 0 Å². The van der Waals surface area contributed by atoms with E-state index in [1.165, 1.54) is 37.1 Å². The molecule has 0 bridgehead atoms. The SMILES string of the molecule is CC(C)N1CCC(c2ccc(-c3cc4c(N5CCN(C(=O)NCCC#N)CC5)ccnn4c3)cc2)CC1. The number of hydrogen-bond acceptors (Lipinski definition) is 5. The highest BCUT2D eigenvalue weighted by Crippen LogP contribution is 2.32. The van der Waals surface area contributed by atoms with Crippen LogP contribution < -0.4 is 10.2 Å². The maximum Gasteiger partial charge on any atom is 0.317 e. The van der Waals surface area contributed by atoms with Crippen LogP contribution in [-0.4, -0.2) is 77.3 Å². The summed E-state index contributed by atoms with van der Waals surface area (Å²) in [5.41, 5.74) is 6.04. The summed E-state index contributed by atoms with van der Waals surface area (Å²) in [5.74, 6) is 0.650. The highest BCUT2D eigenvalue weighted by Gasteiger charge is 2.24. The average molecular weight is 500 g/mol. The smallest absolute Gasteiger partial charge is 0.317 e. The van der Waals surface area contributed by atoms with Crippen LogP contribution >= 0.6 is 0 Å². The molecule has 8 heteroatoms. The van der Waals surface area contributed by atoms with Crippen LogP contribution in [0, 0.1) is 11.3 Å². The molecule has 2 fully saturated rings. The van der Waals surface area contributed by atoms with E-state index in [2.05, 4.69) is 82.7 Å². The molecule has 1 N–H and O–H groups in total. The Bertz CT molecular complexity index is 1240. The lowest BCUT2D eigenvalue weighted by Gasteiger charge is -2.36. The lowest BCUT2D eigenvalue weighted by atomic mass is 9.88. The van der Waals surface area contributed by atoms with E-state index in [-0.39, 0.29) is 6.03 Å². The number of hydrogen-bond donors (Lipinski definition) is 1. The molecular formula is C29H37N7O. The molecule has 5 rings (SSSR count). The molecule has 0 radical (unpaired) electrons. The van der Waals surface area contributed by atoms with E-state index in [1.54, 1.807) is 0 Å². The zero-order chi connectivity index (χ0) is 25.8. The number of benzene rings is 1. The molecule has 2 amide bonds. The second-order valence-electron chi connectivity index (χ2n) is 10.4. The van der Waals surface area contributed by atoms with Crippen LogP contribution in [0.5, 0.6) is 0 Å². The number of piperidine rings is 1. The second-order valence-corrected chi connectivity index (χ2v) is 10.4. The van der Waals surface area contributed by atoms with Crippen molar-refractivity contribution in [2.75, 3.05) is 50.7 Å². The first-order valence-corrected chi connectivity index (χ1v) is 13.5. The number of carbonyl (C=O) groups is 1. The number of fused-ring (bicyclic) bond motifs is 1. The van der Waals surface area contributed by atoms with E-state index in [4.69, 9.17) is 5.26 Å². The Balaban J connectivity index is 1.25. The largest absolute Gasteiger partial charge is 0.366 e. The van der Waals surface area contributed by atoms with E-state index in [0.717, 1.165) is 29.9 Å². The minimum absolute atomic E-state index is 0.0892. The first-order chi connectivity index (χ1) is 18.0. The highest BCUT2D eigenvalue weighted by atomic mass is 16.2. The van der Waals surface area contributed by atoms with Crippen LogP contribution in [0.2, 0.25) is 0 Å². The Morgan fingerprint density at radius 3 is 2.46 bits per heavy atom. The van der Waals surface area contributed by atoms with Crippen LogP contribution in [0.1, 0.15) is 44.6 Å². The number of aromatic nitrogens is 2. The number of urea groups is 1. The van der Waals surface area contributed by atoms with E-state index in [1.807, 2.05) is 15.6 Å². The van der Waals surface area contributed by atoms with Crippen molar-refractivity contribution < 1.29 is 4.79 Å². The zero-order valence-corrected chi connectivity index (χ0v) is 21.9. The molecule has 3 aromatic rings. The van der Waals surface area contributed by atoms with Gasteiger partial charge in [-0.3, -0.25) is 0 Å². The Morgan fingerprint density at radius 1 is 1.05 bits per heavy atom. The predicted molar refractivity (Wildman–Crippen MR) is 147 cm³/mol. The molecule has 0 saturated carbocycles. The molecule has 2 aliphatic heterocycles. The summed E-state index contributed by atoms with van der Waals surface area (Å²) < 4.78 is 1.96. The summed E-state index contributed by atoms with van der Waals surface area (Å²) in [5, 5.41) is 16.1. The van der Waals surface area contributed by atoms with Gasteiger partial charge in [-0.15, -0.1) is 0 Å². The minimum atomic E-state index is -0.0892. The van der Waals surface area contributed by atoms with E-state index in [0.29, 0.717) is 38.0 Å². The van der Waals surface area contributed by atoms with Gasteiger partial charge in [0.25, 0.3) is 0 Å². The summed E-state index contributed by atoms with van der Waals surface area (Å²) in [6.45, 7) is 10.2. The van der Waals surface area contributed by atoms with Crippen molar-refractivity contribution >= 4 is 17.2 Å². The van der Waals surface area contributed by atoms with Gasteiger partial charge in [-0.1, -0.05) is 24.3 Å². The predicted octanol–water partition coefficient (Wildman–Crippen LogP) is 4.33. The third-order valence-electron chi connectivity index (χ3n) is 7.88. The van der Waals surface area contributed by atoms with Gasteiger partial charge in [0.1, 0.15) is 0 Å². The molecule has 194 valence electrons.